The standard InChI is InChI=1S/C18H25FN4/c1-4-21-18(23-11-13(2)7-14(3)12-23)22-10-16-8-15(9-20)5-6-17(16)19/h5-6,8,13-14H,4,7,10-12H2,1-3H3,(H,21,22). The van der Waals surface area contributed by atoms with Crippen molar-refractivity contribution in [3.63, 3.8) is 0 Å². The Bertz CT molecular complexity index is 596. The van der Waals surface area contributed by atoms with E-state index in [0.29, 0.717) is 23.0 Å². The molecule has 1 aromatic carbocycles. The molecule has 1 aliphatic heterocycles. The first-order valence-corrected chi connectivity index (χ1v) is 8.25. The smallest absolute Gasteiger partial charge is 0.194 e. The zero-order valence-electron chi connectivity index (χ0n) is 14.1. The molecule has 5 heteroatoms. The first-order valence-electron chi connectivity index (χ1n) is 8.25. The maximum Gasteiger partial charge on any atom is 0.194 e. The molecule has 0 spiro atoms. The van der Waals surface area contributed by atoms with Gasteiger partial charge >= 0.3 is 0 Å². The van der Waals surface area contributed by atoms with Crippen molar-refractivity contribution in [2.24, 2.45) is 16.8 Å². The molecule has 1 heterocycles. The van der Waals surface area contributed by atoms with E-state index in [0.717, 1.165) is 25.6 Å². The predicted octanol–water partition coefficient (Wildman–Crippen LogP) is 3.14. The maximum atomic E-state index is 13.9. The van der Waals surface area contributed by atoms with Crippen LogP contribution in [0.4, 0.5) is 4.39 Å². The monoisotopic (exact) mass is 316 g/mol. The summed E-state index contributed by atoms with van der Waals surface area (Å²) >= 11 is 0. The van der Waals surface area contributed by atoms with E-state index in [4.69, 9.17) is 5.26 Å². The number of likely N-dealkylation sites (tertiary alicyclic amines) is 1. The van der Waals surface area contributed by atoms with Crippen LogP contribution in [-0.2, 0) is 6.54 Å². The number of nitriles is 1. The number of rotatable bonds is 3. The molecule has 1 aromatic rings. The quantitative estimate of drug-likeness (QED) is 0.688. The molecule has 2 rings (SSSR count). The van der Waals surface area contributed by atoms with Crippen molar-refractivity contribution in [1.29, 1.82) is 5.26 Å². The van der Waals surface area contributed by atoms with Crippen molar-refractivity contribution in [3.8, 4) is 6.07 Å². The number of halogens is 1. The number of piperidine rings is 1. The normalized spacial score (nSPS) is 21.9. The van der Waals surface area contributed by atoms with Crippen LogP contribution in [0.3, 0.4) is 0 Å². The topological polar surface area (TPSA) is 51.4 Å². The van der Waals surface area contributed by atoms with E-state index < -0.39 is 0 Å². The van der Waals surface area contributed by atoms with E-state index in [-0.39, 0.29) is 12.4 Å². The van der Waals surface area contributed by atoms with E-state index in [2.05, 4.69) is 29.1 Å². The molecule has 1 saturated heterocycles. The molecule has 0 amide bonds. The fraction of sp³-hybridized carbons (Fsp3) is 0.556. The summed E-state index contributed by atoms with van der Waals surface area (Å²) in [5.41, 5.74) is 0.916. The second kappa shape index (κ2) is 7.96. The molecule has 1 aliphatic rings. The van der Waals surface area contributed by atoms with Gasteiger partial charge in [0.1, 0.15) is 5.82 Å². The van der Waals surface area contributed by atoms with Gasteiger partial charge in [-0.3, -0.25) is 0 Å². The Hall–Kier alpha value is -2.09. The molecule has 2 atom stereocenters. The lowest BCUT2D eigenvalue weighted by atomic mass is 9.92. The van der Waals surface area contributed by atoms with Gasteiger partial charge in [-0.05, 0) is 43.4 Å². The zero-order chi connectivity index (χ0) is 16.8. The van der Waals surface area contributed by atoms with Crippen LogP contribution in [0.5, 0.6) is 0 Å². The second-order valence-corrected chi connectivity index (χ2v) is 6.44. The fourth-order valence-electron chi connectivity index (χ4n) is 3.19. The van der Waals surface area contributed by atoms with E-state index in [9.17, 15) is 4.39 Å². The third kappa shape index (κ3) is 4.69. The largest absolute Gasteiger partial charge is 0.357 e. The van der Waals surface area contributed by atoms with Crippen LogP contribution in [0.15, 0.2) is 23.2 Å². The summed E-state index contributed by atoms with van der Waals surface area (Å²) in [4.78, 5) is 6.85. The van der Waals surface area contributed by atoms with E-state index in [1.807, 2.05) is 13.0 Å². The molecule has 4 nitrogen and oxygen atoms in total. The summed E-state index contributed by atoms with van der Waals surface area (Å²) in [6, 6.07) is 6.44. The average Bonchev–Trinajstić information content (AvgIpc) is 2.51. The highest BCUT2D eigenvalue weighted by Gasteiger charge is 2.24. The molecule has 1 fully saturated rings. The van der Waals surface area contributed by atoms with E-state index in [1.165, 1.54) is 18.6 Å². The number of nitrogens with one attached hydrogen (secondary N) is 1. The lowest BCUT2D eigenvalue weighted by Crippen LogP contribution is -2.48. The summed E-state index contributed by atoms with van der Waals surface area (Å²) in [5, 5.41) is 12.2. The van der Waals surface area contributed by atoms with Crippen LogP contribution in [0, 0.1) is 29.0 Å². The van der Waals surface area contributed by atoms with E-state index in [1.54, 1.807) is 6.07 Å². The lowest BCUT2D eigenvalue weighted by molar-refractivity contribution is 0.208. The summed E-state index contributed by atoms with van der Waals surface area (Å²) in [6.45, 7) is 9.49. The molecule has 2 unspecified atom stereocenters. The van der Waals surface area contributed by atoms with Gasteiger partial charge < -0.3 is 10.2 Å². The van der Waals surface area contributed by atoms with Gasteiger partial charge in [0.15, 0.2) is 5.96 Å². The Morgan fingerprint density at radius 3 is 2.70 bits per heavy atom. The van der Waals surface area contributed by atoms with Crippen LogP contribution in [-0.4, -0.2) is 30.5 Å². The third-order valence-electron chi connectivity index (χ3n) is 4.08. The van der Waals surface area contributed by atoms with Crippen LogP contribution < -0.4 is 5.32 Å². The highest BCUT2D eigenvalue weighted by Crippen LogP contribution is 2.21. The van der Waals surface area contributed by atoms with Crippen molar-refractivity contribution in [2.75, 3.05) is 19.6 Å². The Balaban J connectivity index is 2.17. The maximum absolute atomic E-state index is 13.9. The first kappa shape index (κ1) is 17.3. The molecule has 0 aliphatic carbocycles. The third-order valence-corrected chi connectivity index (χ3v) is 4.08. The minimum atomic E-state index is -0.316. The summed E-state index contributed by atoms with van der Waals surface area (Å²) < 4.78 is 13.9. The number of aliphatic imine (C=N–C) groups is 1. The van der Waals surface area contributed by atoms with Gasteiger partial charge in [0.05, 0.1) is 18.2 Å². The van der Waals surface area contributed by atoms with Gasteiger partial charge in [0.25, 0.3) is 0 Å². The molecule has 0 saturated carbocycles. The van der Waals surface area contributed by atoms with Crippen molar-refractivity contribution in [3.05, 3.63) is 35.1 Å². The van der Waals surface area contributed by atoms with Gasteiger partial charge in [-0.15, -0.1) is 0 Å². The summed E-state index contributed by atoms with van der Waals surface area (Å²) in [7, 11) is 0. The molecule has 0 bridgehead atoms. The highest BCUT2D eigenvalue weighted by molar-refractivity contribution is 5.80. The van der Waals surface area contributed by atoms with E-state index >= 15 is 0 Å². The molecular weight excluding hydrogens is 291 g/mol. The number of benzene rings is 1. The zero-order valence-corrected chi connectivity index (χ0v) is 14.1. The number of hydrogen-bond acceptors (Lipinski definition) is 2. The fourth-order valence-corrected chi connectivity index (χ4v) is 3.19. The molecule has 23 heavy (non-hydrogen) atoms. The van der Waals surface area contributed by atoms with Crippen LogP contribution in [0.1, 0.15) is 38.3 Å². The molecule has 124 valence electrons. The van der Waals surface area contributed by atoms with Gasteiger partial charge in [-0.1, -0.05) is 13.8 Å². The minimum absolute atomic E-state index is 0.239. The average molecular weight is 316 g/mol. The minimum Gasteiger partial charge on any atom is -0.357 e. The number of hydrogen-bond donors (Lipinski definition) is 1. The van der Waals surface area contributed by atoms with Crippen LogP contribution in [0.25, 0.3) is 0 Å². The van der Waals surface area contributed by atoms with Crippen molar-refractivity contribution in [2.45, 2.75) is 33.7 Å². The van der Waals surface area contributed by atoms with Gasteiger partial charge in [0, 0.05) is 25.2 Å². The molecular formula is C18H25FN4. The van der Waals surface area contributed by atoms with Gasteiger partial charge in [-0.2, -0.15) is 5.26 Å². The van der Waals surface area contributed by atoms with Crippen molar-refractivity contribution in [1.82, 2.24) is 10.2 Å². The molecule has 1 N–H and O–H groups in total. The Kier molecular flexibility index (Phi) is 5.97. The van der Waals surface area contributed by atoms with Gasteiger partial charge in [0.2, 0.25) is 0 Å². The Morgan fingerprint density at radius 2 is 2.09 bits per heavy atom. The summed E-state index contributed by atoms with van der Waals surface area (Å²) in [5.74, 6) is 1.76. The van der Waals surface area contributed by atoms with Crippen molar-refractivity contribution >= 4 is 5.96 Å². The highest BCUT2D eigenvalue weighted by atomic mass is 19.1. The van der Waals surface area contributed by atoms with Crippen molar-refractivity contribution < 1.29 is 4.39 Å². The Labute approximate surface area is 138 Å². The van der Waals surface area contributed by atoms with Gasteiger partial charge in [-0.25, -0.2) is 9.38 Å². The predicted molar refractivity (Wildman–Crippen MR) is 90.4 cm³/mol. The Morgan fingerprint density at radius 1 is 1.39 bits per heavy atom. The number of nitrogens with zero attached hydrogens (tertiary/aromatic N) is 3. The SMILES string of the molecule is CCNC(=NCc1cc(C#N)ccc1F)N1CC(C)CC(C)C1. The van der Waals surface area contributed by atoms with Crippen LogP contribution >= 0.6 is 0 Å². The molecule has 0 aromatic heterocycles. The van der Waals surface area contributed by atoms with Crippen LogP contribution in [0.2, 0.25) is 0 Å². The summed E-state index contributed by atoms with van der Waals surface area (Å²) in [6.07, 6.45) is 1.23. The number of guanidine groups is 1. The lowest BCUT2D eigenvalue weighted by Gasteiger charge is -2.37. The second-order valence-electron chi connectivity index (χ2n) is 6.44. The molecule has 0 radical (unpaired) electrons. The first-order chi connectivity index (χ1) is 11.0.